The molecule has 178 valence electrons. The van der Waals surface area contributed by atoms with Crippen LogP contribution >= 0.6 is 0 Å². The van der Waals surface area contributed by atoms with Crippen molar-refractivity contribution in [2.45, 2.75) is 69.5 Å². The zero-order valence-corrected chi connectivity index (χ0v) is 17.8. The minimum absolute atomic E-state index is 0.164. The number of nitrogens with one attached hydrogen (secondary N) is 1. The molecule has 0 aliphatic carbocycles. The standard InChI is InChI=1S/C14H19FO6.C7H16N2O/c1-7(15)8-4-2-3-5-9(8)20-14-13(19)12(18)11(17)10(6-16)21-14;8-5-3-1-2-4-6-9-7-10/h2-5,7,10-14,16-19H,6H2,1H3;7H,1-6,8H2,(H,9,10). The maximum atomic E-state index is 13.5. The molecule has 0 radical (unpaired) electrons. The van der Waals surface area contributed by atoms with E-state index in [1.807, 2.05) is 0 Å². The highest BCUT2D eigenvalue weighted by molar-refractivity contribution is 5.45. The number of unbranched alkanes of at least 4 members (excludes halogenated alkanes) is 3. The largest absolute Gasteiger partial charge is 0.462 e. The number of para-hydroxylation sites is 1. The van der Waals surface area contributed by atoms with Gasteiger partial charge in [-0.15, -0.1) is 0 Å². The molecule has 6 atom stereocenters. The molecule has 7 N–H and O–H groups in total. The summed E-state index contributed by atoms with van der Waals surface area (Å²) in [5, 5.41) is 40.9. The van der Waals surface area contributed by atoms with E-state index >= 15 is 0 Å². The third-order valence-electron chi connectivity index (χ3n) is 4.80. The summed E-state index contributed by atoms with van der Waals surface area (Å²) in [6.07, 6.45) is -2.94. The Labute approximate surface area is 182 Å². The Kier molecular flexibility index (Phi) is 13.2. The van der Waals surface area contributed by atoms with Crippen LogP contribution in [-0.2, 0) is 9.53 Å². The van der Waals surface area contributed by atoms with Gasteiger partial charge in [-0.05, 0) is 32.4 Å². The van der Waals surface area contributed by atoms with Crippen LogP contribution in [0.1, 0.15) is 44.3 Å². The highest BCUT2D eigenvalue weighted by atomic mass is 19.1. The van der Waals surface area contributed by atoms with E-state index in [4.69, 9.17) is 20.3 Å². The Morgan fingerprint density at radius 3 is 2.45 bits per heavy atom. The number of carbonyl (C=O) groups is 1. The molecule has 1 aliphatic heterocycles. The van der Waals surface area contributed by atoms with Gasteiger partial charge in [-0.25, -0.2) is 4.39 Å². The van der Waals surface area contributed by atoms with Crippen LogP contribution in [0.4, 0.5) is 4.39 Å². The van der Waals surface area contributed by atoms with Crippen LogP contribution in [0.2, 0.25) is 0 Å². The number of alkyl halides is 1. The lowest BCUT2D eigenvalue weighted by Crippen LogP contribution is -2.60. The van der Waals surface area contributed by atoms with Gasteiger partial charge in [0.1, 0.15) is 36.3 Å². The average molecular weight is 447 g/mol. The van der Waals surface area contributed by atoms with Crippen LogP contribution in [0.5, 0.6) is 5.75 Å². The highest BCUT2D eigenvalue weighted by Crippen LogP contribution is 2.30. The molecule has 1 amide bonds. The predicted molar refractivity (Wildman–Crippen MR) is 112 cm³/mol. The number of hydrogen-bond donors (Lipinski definition) is 6. The van der Waals surface area contributed by atoms with E-state index in [0.717, 1.165) is 38.8 Å². The second-order valence-electron chi connectivity index (χ2n) is 7.24. The van der Waals surface area contributed by atoms with Crippen molar-refractivity contribution in [1.82, 2.24) is 5.32 Å². The first-order valence-electron chi connectivity index (χ1n) is 10.4. The number of nitrogens with two attached hydrogens (primary N) is 1. The fraction of sp³-hybridized carbons (Fsp3) is 0.667. The molecule has 0 aromatic heterocycles. The third kappa shape index (κ3) is 9.06. The van der Waals surface area contributed by atoms with E-state index < -0.39 is 43.5 Å². The first-order chi connectivity index (χ1) is 14.9. The third-order valence-corrected chi connectivity index (χ3v) is 4.80. The lowest BCUT2D eigenvalue weighted by molar-refractivity contribution is -0.277. The Hall–Kier alpha value is -1.82. The van der Waals surface area contributed by atoms with Crippen molar-refractivity contribution < 1.29 is 39.1 Å². The van der Waals surface area contributed by atoms with E-state index in [2.05, 4.69) is 5.32 Å². The van der Waals surface area contributed by atoms with Gasteiger partial charge < -0.3 is 41.0 Å². The first-order valence-corrected chi connectivity index (χ1v) is 10.4. The molecule has 6 unspecified atom stereocenters. The summed E-state index contributed by atoms with van der Waals surface area (Å²) in [6, 6.07) is 6.31. The lowest BCUT2D eigenvalue weighted by Gasteiger charge is -2.39. The number of aliphatic hydroxyl groups is 4. The zero-order valence-electron chi connectivity index (χ0n) is 17.8. The van der Waals surface area contributed by atoms with Crippen molar-refractivity contribution in [3.05, 3.63) is 29.8 Å². The molecule has 31 heavy (non-hydrogen) atoms. The van der Waals surface area contributed by atoms with Gasteiger partial charge in [-0.3, -0.25) is 4.79 Å². The molecule has 10 heteroatoms. The Balaban J connectivity index is 0.000000407. The monoisotopic (exact) mass is 446 g/mol. The number of rotatable bonds is 11. The fourth-order valence-corrected chi connectivity index (χ4v) is 2.99. The Morgan fingerprint density at radius 1 is 1.16 bits per heavy atom. The molecule has 1 saturated heterocycles. The molecule has 2 rings (SSSR count). The van der Waals surface area contributed by atoms with E-state index in [1.54, 1.807) is 12.1 Å². The lowest BCUT2D eigenvalue weighted by atomic mass is 9.99. The summed E-state index contributed by atoms with van der Waals surface area (Å²) < 4.78 is 24.1. The zero-order chi connectivity index (χ0) is 23.2. The van der Waals surface area contributed by atoms with Crippen LogP contribution < -0.4 is 15.8 Å². The Morgan fingerprint density at radius 2 is 1.84 bits per heavy atom. The van der Waals surface area contributed by atoms with Crippen molar-refractivity contribution in [3.8, 4) is 5.75 Å². The molecule has 0 bridgehead atoms. The normalized spacial score (nSPS) is 26.4. The molecule has 1 heterocycles. The summed E-state index contributed by atoms with van der Waals surface area (Å²) in [6.45, 7) is 2.37. The number of aliphatic hydroxyl groups excluding tert-OH is 4. The molecule has 0 saturated carbocycles. The molecular formula is C21H35FN2O7. The number of ether oxygens (including phenoxy) is 2. The summed E-state index contributed by atoms with van der Waals surface area (Å²) in [5.41, 5.74) is 5.57. The molecule has 0 spiro atoms. The number of hydrogen-bond acceptors (Lipinski definition) is 8. The number of carbonyl (C=O) groups excluding carboxylic acids is 1. The number of amides is 1. The smallest absolute Gasteiger partial charge is 0.229 e. The average Bonchev–Trinajstić information content (AvgIpc) is 2.77. The molecule has 1 aromatic carbocycles. The van der Waals surface area contributed by atoms with Gasteiger partial charge in [0.25, 0.3) is 0 Å². The van der Waals surface area contributed by atoms with Crippen molar-refractivity contribution >= 4 is 6.41 Å². The van der Waals surface area contributed by atoms with Gasteiger partial charge in [-0.1, -0.05) is 31.0 Å². The van der Waals surface area contributed by atoms with Gasteiger partial charge in [0, 0.05) is 12.1 Å². The summed E-state index contributed by atoms with van der Waals surface area (Å²) in [7, 11) is 0. The number of benzene rings is 1. The van der Waals surface area contributed by atoms with Gasteiger partial charge in [-0.2, -0.15) is 0 Å². The Bertz CT molecular complexity index is 621. The summed E-state index contributed by atoms with van der Waals surface area (Å²) >= 11 is 0. The van der Waals surface area contributed by atoms with Crippen molar-refractivity contribution in [2.24, 2.45) is 5.73 Å². The maximum Gasteiger partial charge on any atom is 0.229 e. The predicted octanol–water partition coefficient (Wildman–Crippen LogP) is 0.147. The topological polar surface area (TPSA) is 154 Å². The van der Waals surface area contributed by atoms with Crippen molar-refractivity contribution in [3.63, 3.8) is 0 Å². The van der Waals surface area contributed by atoms with E-state index in [1.165, 1.54) is 25.5 Å². The molecule has 9 nitrogen and oxygen atoms in total. The second-order valence-corrected chi connectivity index (χ2v) is 7.24. The minimum atomic E-state index is -1.53. The van der Waals surface area contributed by atoms with Gasteiger partial charge >= 0.3 is 0 Å². The van der Waals surface area contributed by atoms with Gasteiger partial charge in [0.05, 0.1) is 6.61 Å². The summed E-state index contributed by atoms with van der Waals surface area (Å²) in [5.74, 6) is 0.164. The summed E-state index contributed by atoms with van der Waals surface area (Å²) in [4.78, 5) is 9.76. The molecule has 1 aromatic rings. The first kappa shape index (κ1) is 27.2. The number of halogens is 1. The fourth-order valence-electron chi connectivity index (χ4n) is 2.99. The van der Waals surface area contributed by atoms with Crippen molar-refractivity contribution in [2.75, 3.05) is 19.7 Å². The van der Waals surface area contributed by atoms with E-state index in [9.17, 15) is 24.5 Å². The van der Waals surface area contributed by atoms with Crippen LogP contribution in [0.25, 0.3) is 0 Å². The molecule has 1 fully saturated rings. The highest BCUT2D eigenvalue weighted by Gasteiger charge is 2.44. The minimum Gasteiger partial charge on any atom is -0.462 e. The van der Waals surface area contributed by atoms with Crippen LogP contribution in [0.3, 0.4) is 0 Å². The maximum absolute atomic E-state index is 13.5. The molecular weight excluding hydrogens is 411 g/mol. The second kappa shape index (κ2) is 15.1. The van der Waals surface area contributed by atoms with Crippen LogP contribution in [0, 0.1) is 0 Å². The van der Waals surface area contributed by atoms with Crippen LogP contribution in [-0.4, -0.2) is 77.2 Å². The molecule has 1 aliphatic rings. The van der Waals surface area contributed by atoms with Gasteiger partial charge in [0.15, 0.2) is 0 Å². The van der Waals surface area contributed by atoms with E-state index in [-0.39, 0.29) is 11.3 Å². The quantitative estimate of drug-likeness (QED) is 0.207. The SMILES string of the molecule is CC(F)c1ccccc1OC1OC(CO)C(O)C(O)C1O.NCCCCCCNC=O. The van der Waals surface area contributed by atoms with Gasteiger partial charge in [0.2, 0.25) is 12.7 Å². The van der Waals surface area contributed by atoms with Crippen LogP contribution in [0.15, 0.2) is 24.3 Å². The van der Waals surface area contributed by atoms with E-state index in [0.29, 0.717) is 0 Å². The van der Waals surface area contributed by atoms with Crippen molar-refractivity contribution in [1.29, 1.82) is 0 Å².